The first kappa shape index (κ1) is 11.3. The van der Waals surface area contributed by atoms with Gasteiger partial charge in [-0.1, -0.05) is 12.1 Å². The highest BCUT2D eigenvalue weighted by Gasteiger charge is 2.33. The predicted molar refractivity (Wildman–Crippen MR) is 66.9 cm³/mol. The number of benzene rings is 1. The van der Waals surface area contributed by atoms with E-state index >= 15 is 0 Å². The topological polar surface area (TPSA) is 59.7 Å². The summed E-state index contributed by atoms with van der Waals surface area (Å²) in [5.41, 5.74) is 0.121. The molecule has 1 aliphatic heterocycles. The predicted octanol–water partition coefficient (Wildman–Crippen LogP) is 1.87. The molecular weight excluding hydrogens is 232 g/mol. The highest BCUT2D eigenvalue weighted by atomic mass is 16.5. The van der Waals surface area contributed by atoms with Crippen LogP contribution in [0.3, 0.4) is 0 Å². The fraction of sp³-hybridized carbons (Fsp3) is 0.357. The molecule has 0 saturated carbocycles. The standard InChI is InChI=1S/C14H14O4/c1-14(8-15)7-6-10-12(18-14)9-4-2-3-5-11(9)17-13(10)16/h2-5,15H,6-8H2,1H3/t14-/m0/s1. The lowest BCUT2D eigenvalue weighted by molar-refractivity contribution is 0.00855. The summed E-state index contributed by atoms with van der Waals surface area (Å²) < 4.78 is 11.1. The molecule has 1 atom stereocenters. The minimum atomic E-state index is -0.621. The van der Waals surface area contributed by atoms with Gasteiger partial charge in [-0.2, -0.15) is 0 Å². The molecule has 0 radical (unpaired) electrons. The number of aliphatic hydroxyl groups excluding tert-OH is 1. The molecule has 2 heterocycles. The Morgan fingerprint density at radius 1 is 1.39 bits per heavy atom. The van der Waals surface area contributed by atoms with Crippen LogP contribution in [-0.4, -0.2) is 17.3 Å². The van der Waals surface area contributed by atoms with Crippen molar-refractivity contribution in [2.24, 2.45) is 0 Å². The molecule has 0 aliphatic carbocycles. The van der Waals surface area contributed by atoms with Crippen LogP contribution >= 0.6 is 0 Å². The fourth-order valence-electron chi connectivity index (χ4n) is 2.29. The van der Waals surface area contributed by atoms with Crippen molar-refractivity contribution in [3.05, 3.63) is 40.2 Å². The molecular formula is C14H14O4. The van der Waals surface area contributed by atoms with E-state index in [9.17, 15) is 9.90 Å². The van der Waals surface area contributed by atoms with Gasteiger partial charge in [-0.3, -0.25) is 0 Å². The second-order valence-electron chi connectivity index (χ2n) is 4.90. The van der Waals surface area contributed by atoms with Crippen molar-refractivity contribution in [1.82, 2.24) is 0 Å². The summed E-state index contributed by atoms with van der Waals surface area (Å²) in [6.07, 6.45) is 1.18. The maximum Gasteiger partial charge on any atom is 0.343 e. The normalized spacial score (nSPS) is 22.6. The van der Waals surface area contributed by atoms with E-state index in [1.807, 2.05) is 25.1 Å². The van der Waals surface area contributed by atoms with E-state index < -0.39 is 5.60 Å². The second-order valence-corrected chi connectivity index (χ2v) is 4.90. The monoisotopic (exact) mass is 246 g/mol. The van der Waals surface area contributed by atoms with E-state index in [1.54, 1.807) is 6.07 Å². The molecule has 18 heavy (non-hydrogen) atoms. The van der Waals surface area contributed by atoms with Gasteiger partial charge in [0.05, 0.1) is 17.6 Å². The Bertz CT molecular complexity index is 658. The maximum atomic E-state index is 11.9. The number of para-hydroxylation sites is 1. The van der Waals surface area contributed by atoms with Crippen molar-refractivity contribution in [2.75, 3.05) is 6.61 Å². The molecule has 0 unspecified atom stereocenters. The summed E-state index contributed by atoms with van der Waals surface area (Å²) in [5, 5.41) is 10.2. The van der Waals surface area contributed by atoms with Crippen molar-refractivity contribution in [3.8, 4) is 5.75 Å². The van der Waals surface area contributed by atoms with Gasteiger partial charge in [-0.15, -0.1) is 0 Å². The number of rotatable bonds is 1. The van der Waals surface area contributed by atoms with Gasteiger partial charge in [0, 0.05) is 0 Å². The van der Waals surface area contributed by atoms with E-state index in [0.717, 1.165) is 5.39 Å². The van der Waals surface area contributed by atoms with Crippen molar-refractivity contribution < 1.29 is 14.3 Å². The molecule has 1 aromatic heterocycles. The Morgan fingerprint density at radius 2 is 2.17 bits per heavy atom. The van der Waals surface area contributed by atoms with Crippen molar-refractivity contribution >= 4 is 11.0 Å². The molecule has 3 rings (SSSR count). The number of ether oxygens (including phenoxy) is 1. The summed E-state index contributed by atoms with van der Waals surface area (Å²) in [6, 6.07) is 7.29. The van der Waals surface area contributed by atoms with Crippen LogP contribution in [0, 0.1) is 0 Å². The van der Waals surface area contributed by atoms with Crippen LogP contribution in [0.25, 0.3) is 11.0 Å². The average Bonchev–Trinajstić information content (AvgIpc) is 2.39. The molecule has 1 aliphatic rings. The van der Waals surface area contributed by atoms with Gasteiger partial charge in [0.15, 0.2) is 0 Å². The van der Waals surface area contributed by atoms with Gasteiger partial charge in [0.25, 0.3) is 0 Å². The summed E-state index contributed by atoms with van der Waals surface area (Å²) in [6.45, 7) is 1.78. The minimum Gasteiger partial charge on any atom is -0.484 e. The first-order valence-corrected chi connectivity index (χ1v) is 5.97. The SMILES string of the molecule is C[C@@]1(CO)CCc2c(c3ccccc3oc2=O)O1. The Morgan fingerprint density at radius 3 is 2.94 bits per heavy atom. The average molecular weight is 246 g/mol. The molecule has 1 aromatic carbocycles. The van der Waals surface area contributed by atoms with Gasteiger partial charge in [-0.25, -0.2) is 4.79 Å². The summed E-state index contributed by atoms with van der Waals surface area (Å²) in [4.78, 5) is 11.9. The zero-order valence-electron chi connectivity index (χ0n) is 10.1. The van der Waals surface area contributed by atoms with Crippen LogP contribution in [0.2, 0.25) is 0 Å². The Balaban J connectivity index is 2.28. The second kappa shape index (κ2) is 3.85. The van der Waals surface area contributed by atoms with Gasteiger partial charge in [0.2, 0.25) is 0 Å². The molecule has 0 amide bonds. The highest BCUT2D eigenvalue weighted by molar-refractivity contribution is 5.84. The van der Waals surface area contributed by atoms with Gasteiger partial charge < -0.3 is 14.3 Å². The molecule has 0 bridgehead atoms. The van der Waals surface area contributed by atoms with E-state index in [0.29, 0.717) is 29.7 Å². The number of fused-ring (bicyclic) bond motifs is 3. The van der Waals surface area contributed by atoms with Gasteiger partial charge in [0.1, 0.15) is 16.9 Å². The lowest BCUT2D eigenvalue weighted by Crippen LogP contribution is -2.41. The minimum absolute atomic E-state index is 0.0685. The van der Waals surface area contributed by atoms with Gasteiger partial charge >= 0.3 is 5.63 Å². The van der Waals surface area contributed by atoms with E-state index in [-0.39, 0.29) is 12.2 Å². The Hall–Kier alpha value is -1.81. The van der Waals surface area contributed by atoms with E-state index in [4.69, 9.17) is 9.15 Å². The first-order valence-electron chi connectivity index (χ1n) is 5.97. The van der Waals surface area contributed by atoms with Crippen LogP contribution in [0.15, 0.2) is 33.5 Å². The zero-order chi connectivity index (χ0) is 12.8. The summed E-state index contributed by atoms with van der Waals surface area (Å²) in [7, 11) is 0. The molecule has 1 N–H and O–H groups in total. The maximum absolute atomic E-state index is 11.9. The molecule has 0 fully saturated rings. The van der Waals surface area contributed by atoms with Crippen molar-refractivity contribution in [2.45, 2.75) is 25.4 Å². The third-order valence-corrected chi connectivity index (χ3v) is 3.44. The lowest BCUT2D eigenvalue weighted by Gasteiger charge is -2.34. The van der Waals surface area contributed by atoms with Crippen LogP contribution in [0.1, 0.15) is 18.9 Å². The van der Waals surface area contributed by atoms with Crippen LogP contribution in [0.5, 0.6) is 5.75 Å². The smallest absolute Gasteiger partial charge is 0.343 e. The quantitative estimate of drug-likeness (QED) is 0.780. The fourth-order valence-corrected chi connectivity index (χ4v) is 2.29. The first-order chi connectivity index (χ1) is 8.63. The molecule has 4 nitrogen and oxygen atoms in total. The van der Waals surface area contributed by atoms with Gasteiger partial charge in [-0.05, 0) is 31.9 Å². The Labute approximate surface area is 104 Å². The number of hydrogen-bond donors (Lipinski definition) is 1. The molecule has 94 valence electrons. The molecule has 2 aromatic rings. The molecule has 0 spiro atoms. The molecule has 0 saturated heterocycles. The number of hydrogen-bond acceptors (Lipinski definition) is 4. The third-order valence-electron chi connectivity index (χ3n) is 3.44. The van der Waals surface area contributed by atoms with Crippen molar-refractivity contribution in [3.63, 3.8) is 0 Å². The van der Waals surface area contributed by atoms with Crippen LogP contribution in [-0.2, 0) is 6.42 Å². The highest BCUT2D eigenvalue weighted by Crippen LogP contribution is 2.36. The van der Waals surface area contributed by atoms with Crippen LogP contribution in [0.4, 0.5) is 0 Å². The Kier molecular flexibility index (Phi) is 2.41. The van der Waals surface area contributed by atoms with Crippen molar-refractivity contribution in [1.29, 1.82) is 0 Å². The lowest BCUT2D eigenvalue weighted by atomic mass is 9.93. The van der Waals surface area contributed by atoms with E-state index in [1.165, 1.54) is 0 Å². The largest absolute Gasteiger partial charge is 0.484 e. The van der Waals surface area contributed by atoms with Crippen LogP contribution < -0.4 is 10.4 Å². The summed E-state index contributed by atoms with van der Waals surface area (Å²) >= 11 is 0. The number of aliphatic hydroxyl groups is 1. The molecule has 4 heteroatoms. The van der Waals surface area contributed by atoms with E-state index in [2.05, 4.69) is 0 Å². The zero-order valence-corrected chi connectivity index (χ0v) is 10.1. The summed E-state index contributed by atoms with van der Waals surface area (Å²) in [5.74, 6) is 0.560. The third kappa shape index (κ3) is 1.61.